The van der Waals surface area contributed by atoms with E-state index in [1.54, 1.807) is 0 Å². The van der Waals surface area contributed by atoms with Gasteiger partial charge in [0.05, 0.1) is 5.69 Å². The van der Waals surface area contributed by atoms with Crippen molar-refractivity contribution in [3.8, 4) is 5.69 Å². The Kier molecular flexibility index (Phi) is 8.08. The normalized spacial score (nSPS) is 14.9. The molecule has 1 fully saturated rings. The van der Waals surface area contributed by atoms with E-state index in [1.807, 2.05) is 0 Å². The zero-order chi connectivity index (χ0) is 26.9. The van der Waals surface area contributed by atoms with Gasteiger partial charge in [0.15, 0.2) is 21.9 Å². The Bertz CT molecular complexity index is 1340. The van der Waals surface area contributed by atoms with Crippen LogP contribution in [0.3, 0.4) is 0 Å². The van der Waals surface area contributed by atoms with Gasteiger partial charge in [-0.25, -0.2) is 22.5 Å². The third kappa shape index (κ3) is 5.45. The van der Waals surface area contributed by atoms with Crippen molar-refractivity contribution in [2.75, 3.05) is 4.90 Å². The lowest BCUT2D eigenvalue weighted by Crippen LogP contribution is -2.47. The van der Waals surface area contributed by atoms with Gasteiger partial charge in [-0.05, 0) is 31.0 Å². The van der Waals surface area contributed by atoms with Crippen molar-refractivity contribution in [3.63, 3.8) is 0 Å². The summed E-state index contributed by atoms with van der Waals surface area (Å²) in [7, 11) is 0. The van der Waals surface area contributed by atoms with E-state index in [-0.39, 0.29) is 27.6 Å². The molecule has 1 aliphatic rings. The van der Waals surface area contributed by atoms with Crippen LogP contribution in [0.5, 0.6) is 0 Å². The maximum atomic E-state index is 15.2. The predicted octanol–water partition coefficient (Wildman–Crippen LogP) is 6.28. The van der Waals surface area contributed by atoms with Crippen LogP contribution < -0.4 is 10.2 Å². The number of nitrogens with zero attached hydrogens (tertiary/aromatic N) is 3. The minimum Gasteiger partial charge on any atom is -0.351 e. The summed E-state index contributed by atoms with van der Waals surface area (Å²) in [5, 5.41) is 2.33. The van der Waals surface area contributed by atoms with Crippen molar-refractivity contribution in [1.29, 1.82) is 0 Å². The van der Waals surface area contributed by atoms with E-state index in [9.17, 15) is 18.4 Å². The summed E-state index contributed by atoms with van der Waals surface area (Å²) in [6, 6.07) is 2.44. The molecular formula is C25H22Cl2F4N4O2. The molecule has 3 aromatic rings. The highest BCUT2D eigenvalue weighted by Crippen LogP contribution is 2.38. The molecule has 1 saturated carbocycles. The van der Waals surface area contributed by atoms with Gasteiger partial charge >= 0.3 is 0 Å². The largest absolute Gasteiger partial charge is 0.351 e. The summed E-state index contributed by atoms with van der Waals surface area (Å²) in [6.07, 6.45) is 5.15. The molecule has 1 unspecified atom stereocenters. The Morgan fingerprint density at radius 3 is 2.35 bits per heavy atom. The lowest BCUT2D eigenvalue weighted by molar-refractivity contribution is -0.126. The van der Waals surface area contributed by atoms with E-state index >= 15 is 8.78 Å². The lowest BCUT2D eigenvalue weighted by Gasteiger charge is -2.34. The van der Waals surface area contributed by atoms with E-state index in [0.29, 0.717) is 18.9 Å². The molecule has 6 nitrogen and oxygen atoms in total. The molecule has 196 valence electrons. The Hall–Kier alpha value is -3.11. The van der Waals surface area contributed by atoms with Crippen LogP contribution >= 0.6 is 23.2 Å². The number of imidazole rings is 1. The number of hydrogen-bond acceptors (Lipinski definition) is 3. The van der Waals surface area contributed by atoms with Gasteiger partial charge in [-0.1, -0.05) is 48.5 Å². The van der Waals surface area contributed by atoms with Gasteiger partial charge in [-0.15, -0.1) is 0 Å². The van der Waals surface area contributed by atoms with E-state index in [0.717, 1.165) is 66.2 Å². The Morgan fingerprint density at radius 2 is 1.76 bits per heavy atom. The van der Waals surface area contributed by atoms with Crippen LogP contribution in [0.4, 0.5) is 23.2 Å². The van der Waals surface area contributed by atoms with Crippen molar-refractivity contribution < 1.29 is 27.2 Å². The van der Waals surface area contributed by atoms with Crippen LogP contribution in [0.15, 0.2) is 36.7 Å². The average molecular weight is 557 g/mol. The zero-order valence-corrected chi connectivity index (χ0v) is 21.1. The molecule has 1 atom stereocenters. The Balaban J connectivity index is 1.92. The van der Waals surface area contributed by atoms with Gasteiger partial charge in [-0.3, -0.25) is 19.1 Å². The zero-order valence-electron chi connectivity index (χ0n) is 19.6. The molecule has 0 aliphatic heterocycles. The first-order valence-corrected chi connectivity index (χ1v) is 12.3. The topological polar surface area (TPSA) is 67.2 Å². The summed E-state index contributed by atoms with van der Waals surface area (Å²) < 4.78 is 59.3. The standard InChI is InChI=1S/C25H22Cl2F4N4O2/c1-13(36)35(19-10-9-17(29)20(31)22(19)34-12-32-23(26)24(34)27)21(16-8-7-14(28)11-18(16)30)25(37)33-15-5-3-2-4-6-15/h7-12,15,21H,2-6H2,1H3,(H,33,37). The van der Waals surface area contributed by atoms with Gasteiger partial charge in [0, 0.05) is 24.6 Å². The maximum Gasteiger partial charge on any atom is 0.248 e. The third-order valence-corrected chi connectivity index (χ3v) is 7.01. The van der Waals surface area contributed by atoms with E-state index in [2.05, 4.69) is 10.3 Å². The van der Waals surface area contributed by atoms with Crippen LogP contribution in [0.1, 0.15) is 50.6 Å². The second-order valence-electron chi connectivity index (χ2n) is 8.73. The Labute approximate surface area is 220 Å². The summed E-state index contributed by atoms with van der Waals surface area (Å²) in [5.74, 6) is -6.25. The smallest absolute Gasteiger partial charge is 0.248 e. The van der Waals surface area contributed by atoms with Gasteiger partial charge in [0.25, 0.3) is 0 Å². The molecule has 1 heterocycles. The fourth-order valence-corrected chi connectivity index (χ4v) is 4.87. The highest BCUT2D eigenvalue weighted by Gasteiger charge is 2.37. The van der Waals surface area contributed by atoms with Crippen LogP contribution in [0, 0.1) is 23.3 Å². The second-order valence-corrected chi connectivity index (χ2v) is 9.44. The van der Waals surface area contributed by atoms with Crippen LogP contribution in [-0.4, -0.2) is 27.4 Å². The molecule has 0 spiro atoms. The van der Waals surface area contributed by atoms with Gasteiger partial charge in [0.1, 0.15) is 29.7 Å². The Morgan fingerprint density at radius 1 is 1.05 bits per heavy atom. The van der Waals surface area contributed by atoms with Crippen LogP contribution in [0.2, 0.25) is 10.3 Å². The first-order chi connectivity index (χ1) is 17.6. The lowest BCUT2D eigenvalue weighted by atomic mass is 9.94. The molecule has 2 amide bonds. The number of amides is 2. The van der Waals surface area contributed by atoms with Crippen molar-refractivity contribution in [2.45, 2.75) is 51.1 Å². The number of carbonyl (C=O) groups is 2. The molecule has 2 aromatic carbocycles. The molecule has 1 aliphatic carbocycles. The number of anilines is 1. The number of hydrogen-bond donors (Lipinski definition) is 1. The minimum absolute atomic E-state index is 0.221. The predicted molar refractivity (Wildman–Crippen MR) is 131 cm³/mol. The molecule has 37 heavy (non-hydrogen) atoms. The molecule has 1 N–H and O–H groups in total. The van der Waals surface area contributed by atoms with Crippen molar-refractivity contribution in [1.82, 2.24) is 14.9 Å². The van der Waals surface area contributed by atoms with Gasteiger partial charge in [0.2, 0.25) is 11.8 Å². The van der Waals surface area contributed by atoms with Crippen LogP contribution in [-0.2, 0) is 9.59 Å². The molecule has 0 saturated heterocycles. The number of benzene rings is 2. The number of aromatic nitrogens is 2. The number of halogens is 6. The highest BCUT2D eigenvalue weighted by molar-refractivity contribution is 6.40. The fraction of sp³-hybridized carbons (Fsp3) is 0.320. The SMILES string of the molecule is CC(=O)N(c1ccc(F)c(F)c1-n1cnc(Cl)c1Cl)C(C(=O)NC1CCCCC1)c1ccc(F)cc1F. The summed E-state index contributed by atoms with van der Waals surface area (Å²) >= 11 is 12.1. The average Bonchev–Trinajstić information content (AvgIpc) is 3.18. The quantitative estimate of drug-likeness (QED) is 0.363. The third-order valence-electron chi connectivity index (χ3n) is 6.27. The van der Waals surface area contributed by atoms with E-state index < -0.39 is 46.8 Å². The van der Waals surface area contributed by atoms with Crippen LogP contribution in [0.25, 0.3) is 5.69 Å². The molecular weight excluding hydrogens is 535 g/mol. The van der Waals surface area contributed by atoms with E-state index in [1.165, 1.54) is 0 Å². The second kappa shape index (κ2) is 11.1. The van der Waals surface area contributed by atoms with Crippen molar-refractivity contribution in [3.05, 3.63) is 75.8 Å². The van der Waals surface area contributed by atoms with E-state index in [4.69, 9.17) is 23.2 Å². The molecule has 0 bridgehead atoms. The van der Waals surface area contributed by atoms with Gasteiger partial charge < -0.3 is 5.32 Å². The fourth-order valence-electron chi connectivity index (χ4n) is 4.56. The molecule has 4 rings (SSSR count). The summed E-state index contributed by atoms with van der Waals surface area (Å²) in [5.41, 5.74) is -1.22. The maximum absolute atomic E-state index is 15.2. The number of carbonyl (C=O) groups excluding carboxylic acids is 2. The van der Waals surface area contributed by atoms with Crippen molar-refractivity contribution >= 4 is 40.7 Å². The molecule has 12 heteroatoms. The monoisotopic (exact) mass is 556 g/mol. The number of rotatable bonds is 6. The summed E-state index contributed by atoms with van der Waals surface area (Å²) in [6.45, 7) is 1.08. The first-order valence-electron chi connectivity index (χ1n) is 11.5. The first kappa shape index (κ1) is 26.9. The van der Waals surface area contributed by atoms with Crippen molar-refractivity contribution in [2.24, 2.45) is 0 Å². The number of nitrogens with one attached hydrogen (secondary N) is 1. The minimum atomic E-state index is -1.69. The molecule has 0 radical (unpaired) electrons. The van der Waals surface area contributed by atoms with Gasteiger partial charge in [-0.2, -0.15) is 0 Å². The molecule has 1 aromatic heterocycles. The summed E-state index contributed by atoms with van der Waals surface area (Å²) in [4.78, 5) is 31.3. The highest BCUT2D eigenvalue weighted by atomic mass is 35.5.